The van der Waals surface area contributed by atoms with Crippen LogP contribution in [-0.4, -0.2) is 18.1 Å². The van der Waals surface area contributed by atoms with Gasteiger partial charge in [-0.3, -0.25) is 0 Å². The van der Waals surface area contributed by atoms with Crippen molar-refractivity contribution in [1.82, 2.24) is 10.3 Å². The molecular formula is C12H20N2S. The standard InChI is InChI=1S/C12H20N2S/c1-10-9-15-12(14-10)6-7-13-8-11-4-2-3-5-11/h9,11,13H,2-8H2,1H3. The molecule has 1 N–H and O–H groups in total. The summed E-state index contributed by atoms with van der Waals surface area (Å²) >= 11 is 1.78. The highest BCUT2D eigenvalue weighted by molar-refractivity contribution is 7.09. The van der Waals surface area contributed by atoms with E-state index in [0.29, 0.717) is 0 Å². The lowest BCUT2D eigenvalue weighted by Crippen LogP contribution is -2.23. The number of nitrogens with zero attached hydrogens (tertiary/aromatic N) is 1. The van der Waals surface area contributed by atoms with Gasteiger partial charge in [-0.25, -0.2) is 4.98 Å². The number of aryl methyl sites for hydroxylation is 1. The summed E-state index contributed by atoms with van der Waals surface area (Å²) in [6.07, 6.45) is 6.84. The van der Waals surface area contributed by atoms with Crippen molar-refractivity contribution in [2.75, 3.05) is 13.1 Å². The summed E-state index contributed by atoms with van der Waals surface area (Å²) in [5.41, 5.74) is 1.16. The van der Waals surface area contributed by atoms with Crippen LogP contribution in [0.1, 0.15) is 36.4 Å². The monoisotopic (exact) mass is 224 g/mol. The zero-order chi connectivity index (χ0) is 10.5. The van der Waals surface area contributed by atoms with Gasteiger partial charge in [0.25, 0.3) is 0 Å². The van der Waals surface area contributed by atoms with Crippen molar-refractivity contribution in [1.29, 1.82) is 0 Å². The van der Waals surface area contributed by atoms with Gasteiger partial charge in [0.2, 0.25) is 0 Å². The van der Waals surface area contributed by atoms with E-state index in [4.69, 9.17) is 0 Å². The highest BCUT2D eigenvalue weighted by Gasteiger charge is 2.13. The van der Waals surface area contributed by atoms with Crippen molar-refractivity contribution in [3.63, 3.8) is 0 Å². The second-order valence-electron chi connectivity index (χ2n) is 4.49. The van der Waals surface area contributed by atoms with Crippen LogP contribution in [-0.2, 0) is 6.42 Å². The maximum absolute atomic E-state index is 4.46. The lowest BCUT2D eigenvalue weighted by atomic mass is 10.1. The Kier molecular flexibility index (Phi) is 4.15. The van der Waals surface area contributed by atoms with Crippen LogP contribution in [0.25, 0.3) is 0 Å². The van der Waals surface area contributed by atoms with Crippen molar-refractivity contribution < 1.29 is 0 Å². The van der Waals surface area contributed by atoms with Gasteiger partial charge in [0.05, 0.1) is 5.01 Å². The van der Waals surface area contributed by atoms with Crippen LogP contribution >= 0.6 is 11.3 Å². The largest absolute Gasteiger partial charge is 0.316 e. The normalized spacial score (nSPS) is 17.4. The summed E-state index contributed by atoms with van der Waals surface area (Å²) in [5, 5.41) is 6.95. The SMILES string of the molecule is Cc1csc(CCNCC2CCCC2)n1. The molecule has 1 aromatic rings. The lowest BCUT2D eigenvalue weighted by molar-refractivity contribution is 0.491. The molecule has 1 aromatic heterocycles. The Morgan fingerprint density at radius 1 is 1.47 bits per heavy atom. The first-order valence-electron chi connectivity index (χ1n) is 5.96. The minimum Gasteiger partial charge on any atom is -0.316 e. The summed E-state index contributed by atoms with van der Waals surface area (Å²) in [4.78, 5) is 4.46. The van der Waals surface area contributed by atoms with E-state index < -0.39 is 0 Å². The van der Waals surface area contributed by atoms with Crippen molar-refractivity contribution in [3.8, 4) is 0 Å². The zero-order valence-corrected chi connectivity index (χ0v) is 10.3. The number of hydrogen-bond acceptors (Lipinski definition) is 3. The van der Waals surface area contributed by atoms with Gasteiger partial charge in [0, 0.05) is 24.0 Å². The van der Waals surface area contributed by atoms with Crippen molar-refractivity contribution >= 4 is 11.3 Å². The molecular weight excluding hydrogens is 204 g/mol. The number of nitrogens with one attached hydrogen (secondary N) is 1. The molecule has 2 nitrogen and oxygen atoms in total. The molecule has 1 heterocycles. The highest BCUT2D eigenvalue weighted by atomic mass is 32.1. The molecule has 0 bridgehead atoms. The topological polar surface area (TPSA) is 24.9 Å². The van der Waals surface area contributed by atoms with Crippen LogP contribution in [0, 0.1) is 12.8 Å². The van der Waals surface area contributed by atoms with Crippen LogP contribution in [0.2, 0.25) is 0 Å². The predicted molar refractivity (Wildman–Crippen MR) is 65.4 cm³/mol. The summed E-state index contributed by atoms with van der Waals surface area (Å²) in [7, 11) is 0. The second kappa shape index (κ2) is 5.61. The van der Waals surface area contributed by atoms with Gasteiger partial charge in [0.15, 0.2) is 0 Å². The molecule has 15 heavy (non-hydrogen) atoms. The van der Waals surface area contributed by atoms with E-state index in [1.807, 2.05) is 0 Å². The van der Waals surface area contributed by atoms with E-state index in [1.165, 1.54) is 37.2 Å². The predicted octanol–water partition coefficient (Wildman–Crippen LogP) is 2.77. The molecule has 1 aliphatic carbocycles. The Hall–Kier alpha value is -0.410. The number of rotatable bonds is 5. The Morgan fingerprint density at radius 2 is 2.27 bits per heavy atom. The first kappa shape index (κ1) is 11.1. The molecule has 1 saturated carbocycles. The minimum absolute atomic E-state index is 0.947. The molecule has 1 aliphatic rings. The molecule has 84 valence electrons. The van der Waals surface area contributed by atoms with E-state index >= 15 is 0 Å². The van der Waals surface area contributed by atoms with E-state index in [0.717, 1.165) is 24.6 Å². The van der Waals surface area contributed by atoms with Crippen LogP contribution in [0.5, 0.6) is 0 Å². The van der Waals surface area contributed by atoms with Gasteiger partial charge < -0.3 is 5.32 Å². The van der Waals surface area contributed by atoms with Gasteiger partial charge >= 0.3 is 0 Å². The average Bonchev–Trinajstić information content (AvgIpc) is 2.84. The maximum Gasteiger partial charge on any atom is 0.0940 e. The molecule has 3 heteroatoms. The van der Waals surface area contributed by atoms with Gasteiger partial charge in [-0.05, 0) is 32.2 Å². The van der Waals surface area contributed by atoms with Crippen LogP contribution in [0.3, 0.4) is 0 Å². The average molecular weight is 224 g/mol. The number of hydrogen-bond donors (Lipinski definition) is 1. The summed E-state index contributed by atoms with van der Waals surface area (Å²) in [6, 6.07) is 0. The summed E-state index contributed by atoms with van der Waals surface area (Å²) in [6.45, 7) is 4.36. The third-order valence-electron chi connectivity index (χ3n) is 3.09. The first-order chi connectivity index (χ1) is 7.34. The Balaban J connectivity index is 1.58. The summed E-state index contributed by atoms with van der Waals surface area (Å²) in [5.74, 6) is 0.947. The molecule has 0 aromatic carbocycles. The fourth-order valence-electron chi connectivity index (χ4n) is 2.23. The second-order valence-corrected chi connectivity index (χ2v) is 5.43. The fraction of sp³-hybridized carbons (Fsp3) is 0.750. The molecule has 0 spiro atoms. The van der Waals surface area contributed by atoms with Gasteiger partial charge in [0.1, 0.15) is 0 Å². The fourth-order valence-corrected chi connectivity index (χ4v) is 3.01. The van der Waals surface area contributed by atoms with Gasteiger partial charge in [-0.2, -0.15) is 0 Å². The van der Waals surface area contributed by atoms with Crippen molar-refractivity contribution in [3.05, 3.63) is 16.1 Å². The van der Waals surface area contributed by atoms with E-state index in [1.54, 1.807) is 11.3 Å². The number of thiazole rings is 1. The van der Waals surface area contributed by atoms with Gasteiger partial charge in [-0.15, -0.1) is 11.3 Å². The Labute approximate surface area is 96.1 Å². The highest BCUT2D eigenvalue weighted by Crippen LogP contribution is 2.23. The molecule has 0 aliphatic heterocycles. The smallest absolute Gasteiger partial charge is 0.0940 e. The third-order valence-corrected chi connectivity index (χ3v) is 4.12. The zero-order valence-electron chi connectivity index (χ0n) is 9.46. The van der Waals surface area contributed by atoms with E-state index in [9.17, 15) is 0 Å². The molecule has 0 unspecified atom stereocenters. The lowest BCUT2D eigenvalue weighted by Gasteiger charge is -2.09. The van der Waals surface area contributed by atoms with Crippen molar-refractivity contribution in [2.45, 2.75) is 39.0 Å². The third kappa shape index (κ3) is 3.58. The Bertz CT molecular complexity index is 290. The summed E-state index contributed by atoms with van der Waals surface area (Å²) < 4.78 is 0. The Morgan fingerprint density at radius 3 is 2.93 bits per heavy atom. The number of aromatic nitrogens is 1. The minimum atomic E-state index is 0.947. The molecule has 0 atom stereocenters. The van der Waals surface area contributed by atoms with Crippen molar-refractivity contribution in [2.24, 2.45) is 5.92 Å². The van der Waals surface area contributed by atoms with Crippen LogP contribution in [0.4, 0.5) is 0 Å². The molecule has 2 rings (SSSR count). The first-order valence-corrected chi connectivity index (χ1v) is 6.84. The maximum atomic E-state index is 4.46. The molecule has 0 amide bonds. The molecule has 0 radical (unpaired) electrons. The van der Waals surface area contributed by atoms with Gasteiger partial charge in [-0.1, -0.05) is 12.8 Å². The van der Waals surface area contributed by atoms with E-state index in [2.05, 4.69) is 22.6 Å². The van der Waals surface area contributed by atoms with Crippen LogP contribution < -0.4 is 5.32 Å². The molecule has 0 saturated heterocycles. The quantitative estimate of drug-likeness (QED) is 0.778. The van der Waals surface area contributed by atoms with Crippen LogP contribution in [0.15, 0.2) is 5.38 Å². The van der Waals surface area contributed by atoms with E-state index in [-0.39, 0.29) is 0 Å². The molecule has 1 fully saturated rings.